The molecule has 1 aliphatic rings. The summed E-state index contributed by atoms with van der Waals surface area (Å²) < 4.78 is 33.3. The van der Waals surface area contributed by atoms with Crippen LogP contribution in [0.1, 0.15) is 37.7 Å². The van der Waals surface area contributed by atoms with E-state index in [2.05, 4.69) is 10.1 Å². The van der Waals surface area contributed by atoms with Crippen LogP contribution in [-0.4, -0.2) is 31.1 Å². The Bertz CT molecular complexity index is 568. The fraction of sp³-hybridized carbons (Fsp3) is 0.529. The molecule has 7 heteroatoms. The van der Waals surface area contributed by atoms with Crippen LogP contribution in [0.3, 0.4) is 0 Å². The highest BCUT2D eigenvalue weighted by atomic mass is 19.3. The third kappa shape index (κ3) is 4.66. The van der Waals surface area contributed by atoms with Crippen molar-refractivity contribution in [2.75, 3.05) is 7.11 Å². The molecule has 0 bridgehead atoms. The predicted molar refractivity (Wildman–Crippen MR) is 82.8 cm³/mol. The van der Waals surface area contributed by atoms with Gasteiger partial charge in [-0.1, -0.05) is 25.0 Å². The number of benzene rings is 1. The average Bonchev–Trinajstić information content (AvgIpc) is 3.02. The molecule has 1 aromatic carbocycles. The van der Waals surface area contributed by atoms with Gasteiger partial charge in [0.05, 0.1) is 7.11 Å². The standard InChI is InChI=1S/C17H21F2NO4/c1-23-15(22)17(10-2-3-11-17)20-14(21)9-6-12-4-7-13(8-5-12)24-16(18)19/h4-5,7-8,16H,2-3,6,9-11H2,1H3,(H,20,21). The SMILES string of the molecule is COC(=O)C1(NC(=O)CCc2ccc(OC(F)F)cc2)CCCC1. The molecule has 0 aliphatic heterocycles. The van der Waals surface area contributed by atoms with Crippen molar-refractivity contribution in [3.05, 3.63) is 29.8 Å². The maximum atomic E-state index is 12.2. The van der Waals surface area contributed by atoms with E-state index in [0.717, 1.165) is 18.4 Å². The molecule has 24 heavy (non-hydrogen) atoms. The second kappa shape index (κ2) is 8.08. The average molecular weight is 341 g/mol. The van der Waals surface area contributed by atoms with Gasteiger partial charge in [-0.25, -0.2) is 4.79 Å². The summed E-state index contributed by atoms with van der Waals surface area (Å²) in [6.07, 6.45) is 3.57. The molecule has 0 unspecified atom stereocenters. The number of alkyl halides is 2. The van der Waals surface area contributed by atoms with Gasteiger partial charge in [0.1, 0.15) is 11.3 Å². The van der Waals surface area contributed by atoms with E-state index in [4.69, 9.17) is 4.74 Å². The van der Waals surface area contributed by atoms with Crippen LogP contribution in [0.25, 0.3) is 0 Å². The number of halogens is 2. The largest absolute Gasteiger partial charge is 0.467 e. The molecular formula is C17H21F2NO4. The van der Waals surface area contributed by atoms with E-state index < -0.39 is 18.1 Å². The molecule has 0 saturated heterocycles. The van der Waals surface area contributed by atoms with Crippen LogP contribution in [0.2, 0.25) is 0 Å². The van der Waals surface area contributed by atoms with Crippen molar-refractivity contribution in [1.82, 2.24) is 5.32 Å². The Morgan fingerprint density at radius 1 is 1.21 bits per heavy atom. The Balaban J connectivity index is 1.87. The Morgan fingerprint density at radius 3 is 2.38 bits per heavy atom. The fourth-order valence-electron chi connectivity index (χ4n) is 2.98. The quantitative estimate of drug-likeness (QED) is 0.775. The molecule has 1 saturated carbocycles. The number of aryl methyl sites for hydroxylation is 1. The number of ether oxygens (including phenoxy) is 2. The maximum absolute atomic E-state index is 12.2. The molecule has 0 radical (unpaired) electrons. The molecule has 0 spiro atoms. The van der Waals surface area contributed by atoms with E-state index in [-0.39, 0.29) is 18.1 Å². The Kier molecular flexibility index (Phi) is 6.11. The van der Waals surface area contributed by atoms with Crippen molar-refractivity contribution in [2.24, 2.45) is 0 Å². The zero-order valence-electron chi connectivity index (χ0n) is 13.5. The summed E-state index contributed by atoms with van der Waals surface area (Å²) in [5.41, 5.74) is -0.0776. The maximum Gasteiger partial charge on any atom is 0.387 e. The van der Waals surface area contributed by atoms with Gasteiger partial charge in [-0.2, -0.15) is 8.78 Å². The highest BCUT2D eigenvalue weighted by Crippen LogP contribution is 2.31. The van der Waals surface area contributed by atoms with E-state index in [1.165, 1.54) is 19.2 Å². The van der Waals surface area contributed by atoms with Gasteiger partial charge in [0.25, 0.3) is 0 Å². The lowest BCUT2D eigenvalue weighted by molar-refractivity contribution is -0.150. The van der Waals surface area contributed by atoms with Crippen molar-refractivity contribution in [3.8, 4) is 5.75 Å². The van der Waals surface area contributed by atoms with Gasteiger partial charge in [-0.15, -0.1) is 0 Å². The van der Waals surface area contributed by atoms with Gasteiger partial charge < -0.3 is 14.8 Å². The normalized spacial score (nSPS) is 16.0. The molecule has 2 rings (SSSR count). The van der Waals surface area contributed by atoms with Gasteiger partial charge in [-0.3, -0.25) is 4.79 Å². The molecule has 1 fully saturated rings. The zero-order valence-corrected chi connectivity index (χ0v) is 13.5. The van der Waals surface area contributed by atoms with Crippen molar-refractivity contribution in [3.63, 3.8) is 0 Å². The fourth-order valence-corrected chi connectivity index (χ4v) is 2.98. The van der Waals surface area contributed by atoms with Crippen molar-refractivity contribution < 1.29 is 27.8 Å². The summed E-state index contributed by atoms with van der Waals surface area (Å²) in [6, 6.07) is 6.14. The van der Waals surface area contributed by atoms with E-state index in [0.29, 0.717) is 19.3 Å². The summed E-state index contributed by atoms with van der Waals surface area (Å²) in [5.74, 6) is -0.550. The first-order valence-corrected chi connectivity index (χ1v) is 7.88. The molecule has 5 nitrogen and oxygen atoms in total. The molecule has 0 atom stereocenters. The minimum Gasteiger partial charge on any atom is -0.467 e. The molecule has 0 aromatic heterocycles. The van der Waals surface area contributed by atoms with Crippen molar-refractivity contribution in [2.45, 2.75) is 50.7 Å². The Hall–Kier alpha value is -2.18. The number of hydrogen-bond acceptors (Lipinski definition) is 4. The van der Waals surface area contributed by atoms with Crippen LogP contribution in [0, 0.1) is 0 Å². The smallest absolute Gasteiger partial charge is 0.387 e. The van der Waals surface area contributed by atoms with Crippen molar-refractivity contribution >= 4 is 11.9 Å². The van der Waals surface area contributed by atoms with Crippen LogP contribution in [0.4, 0.5) is 8.78 Å². The molecule has 1 amide bonds. The first kappa shape index (κ1) is 18.2. The lowest BCUT2D eigenvalue weighted by atomic mass is 9.97. The first-order chi connectivity index (χ1) is 11.4. The van der Waals surface area contributed by atoms with E-state index in [1.54, 1.807) is 12.1 Å². The van der Waals surface area contributed by atoms with Gasteiger partial charge >= 0.3 is 12.6 Å². The molecule has 1 aliphatic carbocycles. The first-order valence-electron chi connectivity index (χ1n) is 7.88. The molecule has 0 heterocycles. The van der Waals surface area contributed by atoms with Gasteiger partial charge in [-0.05, 0) is 37.0 Å². The molecular weight excluding hydrogens is 320 g/mol. The summed E-state index contributed by atoms with van der Waals surface area (Å²) in [4.78, 5) is 24.1. The summed E-state index contributed by atoms with van der Waals surface area (Å²) in [5, 5.41) is 2.81. The zero-order chi connectivity index (χ0) is 17.6. The van der Waals surface area contributed by atoms with E-state index in [9.17, 15) is 18.4 Å². The van der Waals surface area contributed by atoms with Crippen LogP contribution in [-0.2, 0) is 20.7 Å². The molecule has 1 aromatic rings. The number of esters is 1. The summed E-state index contributed by atoms with van der Waals surface area (Å²) in [6.45, 7) is -2.86. The van der Waals surface area contributed by atoms with Crippen LogP contribution >= 0.6 is 0 Å². The topological polar surface area (TPSA) is 64.6 Å². The lowest BCUT2D eigenvalue weighted by Gasteiger charge is -2.27. The van der Waals surface area contributed by atoms with Crippen LogP contribution in [0.5, 0.6) is 5.75 Å². The predicted octanol–water partition coefficient (Wildman–Crippen LogP) is 2.82. The van der Waals surface area contributed by atoms with Crippen molar-refractivity contribution in [1.29, 1.82) is 0 Å². The van der Waals surface area contributed by atoms with E-state index >= 15 is 0 Å². The second-order valence-corrected chi connectivity index (χ2v) is 5.85. The number of rotatable bonds is 7. The summed E-state index contributed by atoms with van der Waals surface area (Å²) in [7, 11) is 1.32. The monoisotopic (exact) mass is 341 g/mol. The minimum absolute atomic E-state index is 0.0776. The lowest BCUT2D eigenvalue weighted by Crippen LogP contribution is -2.53. The Morgan fingerprint density at radius 2 is 1.83 bits per heavy atom. The minimum atomic E-state index is -2.86. The number of carbonyl (C=O) groups is 2. The summed E-state index contributed by atoms with van der Waals surface area (Å²) >= 11 is 0. The Labute approximate surface area is 139 Å². The number of hydrogen-bond donors (Lipinski definition) is 1. The van der Waals surface area contributed by atoms with E-state index in [1.807, 2.05) is 0 Å². The molecule has 132 valence electrons. The number of nitrogens with one attached hydrogen (secondary N) is 1. The third-order valence-electron chi connectivity index (χ3n) is 4.20. The number of amides is 1. The van der Waals surface area contributed by atoms with Gasteiger partial charge in [0.15, 0.2) is 0 Å². The molecule has 1 N–H and O–H groups in total. The number of methoxy groups -OCH3 is 1. The van der Waals surface area contributed by atoms with Crippen LogP contribution in [0.15, 0.2) is 24.3 Å². The number of carbonyl (C=O) groups excluding carboxylic acids is 2. The second-order valence-electron chi connectivity index (χ2n) is 5.85. The highest BCUT2D eigenvalue weighted by molar-refractivity contribution is 5.88. The highest BCUT2D eigenvalue weighted by Gasteiger charge is 2.43. The van der Waals surface area contributed by atoms with Crippen LogP contribution < -0.4 is 10.1 Å². The third-order valence-corrected chi connectivity index (χ3v) is 4.20. The van der Waals surface area contributed by atoms with Gasteiger partial charge in [0.2, 0.25) is 5.91 Å². The van der Waals surface area contributed by atoms with Gasteiger partial charge in [0, 0.05) is 6.42 Å².